The lowest BCUT2D eigenvalue weighted by Gasteiger charge is -2.07. The van der Waals surface area contributed by atoms with Crippen LogP contribution in [-0.4, -0.2) is 9.13 Å². The Labute approximate surface area is 119 Å². The van der Waals surface area contributed by atoms with E-state index in [0.717, 1.165) is 11.0 Å². The van der Waals surface area contributed by atoms with Crippen LogP contribution in [-0.2, 0) is 13.6 Å². The van der Waals surface area contributed by atoms with Gasteiger partial charge in [-0.25, -0.2) is 9.18 Å². The number of hydrogen-bond acceptors (Lipinski definition) is 1. The minimum absolute atomic E-state index is 0.117. The van der Waals surface area contributed by atoms with Crippen molar-refractivity contribution in [2.75, 3.05) is 0 Å². The fourth-order valence-corrected chi connectivity index (χ4v) is 2.58. The molecular weight excluding hydrogens is 279 g/mol. The first-order valence-corrected chi connectivity index (χ1v) is 6.54. The summed E-state index contributed by atoms with van der Waals surface area (Å²) in [6.07, 6.45) is 0. The van der Waals surface area contributed by atoms with Crippen LogP contribution in [0.1, 0.15) is 5.56 Å². The second-order valence-electron chi connectivity index (χ2n) is 4.62. The molecule has 0 N–H and O–H groups in total. The summed E-state index contributed by atoms with van der Waals surface area (Å²) in [6, 6.07) is 11.9. The van der Waals surface area contributed by atoms with E-state index in [1.807, 2.05) is 24.3 Å². The summed E-state index contributed by atoms with van der Waals surface area (Å²) in [6.45, 7) is 0.117. The molecule has 0 aliphatic heterocycles. The molecule has 0 saturated carbocycles. The smallest absolute Gasteiger partial charge is 0.295 e. The first-order valence-electron chi connectivity index (χ1n) is 6.16. The third-order valence-electron chi connectivity index (χ3n) is 3.43. The van der Waals surface area contributed by atoms with Crippen molar-refractivity contribution < 1.29 is 4.39 Å². The molecule has 0 amide bonds. The number of aromatic nitrogens is 2. The SMILES string of the molecule is Cn1c(=O)n(Cc2c(F)cccc2Cl)c2ccccc21. The van der Waals surface area contributed by atoms with E-state index in [0.29, 0.717) is 10.6 Å². The van der Waals surface area contributed by atoms with Crippen molar-refractivity contribution in [1.82, 2.24) is 9.13 Å². The molecule has 3 rings (SSSR count). The third kappa shape index (κ3) is 1.93. The highest BCUT2D eigenvalue weighted by molar-refractivity contribution is 6.31. The standard InChI is InChI=1S/C15H12ClFN2O/c1-18-13-7-2-3-8-14(13)19(15(18)20)9-10-11(16)5-4-6-12(10)17/h2-8H,9H2,1H3. The zero-order valence-electron chi connectivity index (χ0n) is 10.8. The third-order valence-corrected chi connectivity index (χ3v) is 3.78. The Hall–Kier alpha value is -2.07. The van der Waals surface area contributed by atoms with E-state index in [2.05, 4.69) is 0 Å². The lowest BCUT2D eigenvalue weighted by molar-refractivity contribution is 0.597. The normalized spacial score (nSPS) is 11.2. The fourth-order valence-electron chi connectivity index (χ4n) is 2.36. The lowest BCUT2D eigenvalue weighted by atomic mass is 10.2. The quantitative estimate of drug-likeness (QED) is 0.712. The van der Waals surface area contributed by atoms with Gasteiger partial charge in [-0.3, -0.25) is 9.13 Å². The Morgan fingerprint density at radius 1 is 1.10 bits per heavy atom. The molecule has 0 aliphatic carbocycles. The molecule has 0 aliphatic rings. The first-order chi connectivity index (χ1) is 9.59. The average Bonchev–Trinajstić information content (AvgIpc) is 2.68. The average molecular weight is 291 g/mol. The van der Waals surface area contributed by atoms with Crippen LogP contribution in [0, 0.1) is 5.82 Å². The number of halogens is 2. The molecular formula is C15H12ClFN2O. The maximum Gasteiger partial charge on any atom is 0.329 e. The summed E-state index contributed by atoms with van der Waals surface area (Å²) in [5, 5.41) is 0.324. The van der Waals surface area contributed by atoms with Gasteiger partial charge in [-0.1, -0.05) is 29.8 Å². The van der Waals surface area contributed by atoms with E-state index in [9.17, 15) is 9.18 Å². The summed E-state index contributed by atoms with van der Waals surface area (Å²) in [7, 11) is 1.70. The zero-order valence-corrected chi connectivity index (χ0v) is 11.6. The minimum Gasteiger partial charge on any atom is -0.295 e. The van der Waals surface area contributed by atoms with Gasteiger partial charge >= 0.3 is 5.69 Å². The van der Waals surface area contributed by atoms with Gasteiger partial charge in [0.2, 0.25) is 0 Å². The molecule has 0 fully saturated rings. The molecule has 3 aromatic rings. The highest BCUT2D eigenvalue weighted by atomic mass is 35.5. The summed E-state index contributed by atoms with van der Waals surface area (Å²) < 4.78 is 16.9. The van der Waals surface area contributed by atoms with Crippen LogP contribution in [0.25, 0.3) is 11.0 Å². The Kier molecular flexibility index (Phi) is 3.10. The van der Waals surface area contributed by atoms with E-state index in [1.165, 1.54) is 10.6 Å². The van der Waals surface area contributed by atoms with Crippen molar-refractivity contribution in [2.45, 2.75) is 6.54 Å². The van der Waals surface area contributed by atoms with Gasteiger partial charge in [-0.05, 0) is 24.3 Å². The molecule has 3 nitrogen and oxygen atoms in total. The van der Waals surface area contributed by atoms with Gasteiger partial charge in [0.05, 0.1) is 17.6 Å². The van der Waals surface area contributed by atoms with Crippen LogP contribution in [0.4, 0.5) is 4.39 Å². The van der Waals surface area contributed by atoms with Crippen LogP contribution in [0.15, 0.2) is 47.3 Å². The highest BCUT2D eigenvalue weighted by Crippen LogP contribution is 2.21. The van der Waals surface area contributed by atoms with Crippen molar-refractivity contribution >= 4 is 22.6 Å². The van der Waals surface area contributed by atoms with E-state index < -0.39 is 5.82 Å². The Bertz CT molecular complexity index is 830. The molecule has 2 aromatic carbocycles. The van der Waals surface area contributed by atoms with Crippen LogP contribution >= 0.6 is 11.6 Å². The minimum atomic E-state index is -0.405. The molecule has 1 heterocycles. The molecule has 0 unspecified atom stereocenters. The number of hydrogen-bond donors (Lipinski definition) is 0. The van der Waals surface area contributed by atoms with Crippen LogP contribution in [0.3, 0.4) is 0 Å². The maximum absolute atomic E-state index is 13.9. The van der Waals surface area contributed by atoms with E-state index in [4.69, 9.17) is 11.6 Å². The summed E-state index contributed by atoms with van der Waals surface area (Å²) in [4.78, 5) is 12.3. The second kappa shape index (κ2) is 4.80. The van der Waals surface area contributed by atoms with Crippen molar-refractivity contribution in [1.29, 1.82) is 0 Å². The molecule has 0 radical (unpaired) electrons. The maximum atomic E-state index is 13.9. The van der Waals surface area contributed by atoms with Gasteiger partial charge < -0.3 is 0 Å². The Morgan fingerprint density at radius 3 is 2.50 bits per heavy atom. The van der Waals surface area contributed by atoms with E-state index in [-0.39, 0.29) is 12.2 Å². The number of imidazole rings is 1. The largest absolute Gasteiger partial charge is 0.329 e. The summed E-state index contributed by atoms with van der Waals surface area (Å²) >= 11 is 6.03. The van der Waals surface area contributed by atoms with Gasteiger partial charge in [-0.2, -0.15) is 0 Å². The predicted molar refractivity (Wildman–Crippen MR) is 77.7 cm³/mol. The van der Waals surface area contributed by atoms with Crippen molar-refractivity contribution in [3.05, 3.63) is 69.4 Å². The number of aryl methyl sites for hydroxylation is 1. The van der Waals surface area contributed by atoms with Crippen LogP contribution in [0.5, 0.6) is 0 Å². The fraction of sp³-hybridized carbons (Fsp3) is 0.133. The topological polar surface area (TPSA) is 26.9 Å². The molecule has 1 aromatic heterocycles. The number of nitrogens with zero attached hydrogens (tertiary/aromatic N) is 2. The van der Waals surface area contributed by atoms with E-state index in [1.54, 1.807) is 23.7 Å². The number of rotatable bonds is 2. The van der Waals surface area contributed by atoms with E-state index >= 15 is 0 Å². The zero-order chi connectivity index (χ0) is 14.3. The molecule has 0 atom stereocenters. The van der Waals surface area contributed by atoms with Gasteiger partial charge in [0.1, 0.15) is 5.82 Å². The summed E-state index contributed by atoms with van der Waals surface area (Å²) in [5.74, 6) is -0.405. The van der Waals surface area contributed by atoms with Gasteiger partial charge in [0.15, 0.2) is 0 Å². The van der Waals surface area contributed by atoms with Crippen LogP contribution < -0.4 is 5.69 Å². The van der Waals surface area contributed by atoms with Crippen molar-refractivity contribution in [3.8, 4) is 0 Å². The summed E-state index contributed by atoms with van der Waals surface area (Å²) in [5.41, 5.74) is 1.71. The first kappa shape index (κ1) is 12.9. The molecule has 20 heavy (non-hydrogen) atoms. The number of para-hydroxylation sites is 2. The Morgan fingerprint density at radius 2 is 1.80 bits per heavy atom. The molecule has 102 valence electrons. The van der Waals surface area contributed by atoms with Crippen molar-refractivity contribution in [3.63, 3.8) is 0 Å². The van der Waals surface area contributed by atoms with Gasteiger partial charge in [0.25, 0.3) is 0 Å². The molecule has 0 bridgehead atoms. The van der Waals surface area contributed by atoms with Gasteiger partial charge in [-0.15, -0.1) is 0 Å². The number of fused-ring (bicyclic) bond motifs is 1. The molecule has 5 heteroatoms. The van der Waals surface area contributed by atoms with Crippen LogP contribution in [0.2, 0.25) is 5.02 Å². The lowest BCUT2D eigenvalue weighted by Crippen LogP contribution is -2.23. The van der Waals surface area contributed by atoms with Crippen molar-refractivity contribution in [2.24, 2.45) is 7.05 Å². The highest BCUT2D eigenvalue weighted by Gasteiger charge is 2.14. The Balaban J connectivity index is 2.22. The monoisotopic (exact) mass is 290 g/mol. The molecule has 0 spiro atoms. The number of benzene rings is 2. The molecule has 0 saturated heterocycles. The van der Waals surface area contributed by atoms with Gasteiger partial charge in [0, 0.05) is 17.6 Å². The predicted octanol–water partition coefficient (Wildman–Crippen LogP) is 3.18. The second-order valence-corrected chi connectivity index (χ2v) is 5.02.